The van der Waals surface area contributed by atoms with Crippen molar-refractivity contribution in [3.05, 3.63) is 47.8 Å². The summed E-state index contributed by atoms with van der Waals surface area (Å²) in [7, 11) is 0. The quantitative estimate of drug-likeness (QED) is 0.725. The van der Waals surface area contributed by atoms with Gasteiger partial charge in [-0.2, -0.15) is 0 Å². The molecule has 112 valence electrons. The molecule has 2 N–H and O–H groups in total. The van der Waals surface area contributed by atoms with Crippen molar-refractivity contribution < 1.29 is 10.2 Å². The average molecular weight is 312 g/mol. The van der Waals surface area contributed by atoms with E-state index in [-0.39, 0.29) is 0 Å². The predicted octanol–water partition coefficient (Wildman–Crippen LogP) is 3.61. The highest BCUT2D eigenvalue weighted by Gasteiger charge is 2.22. The smallest absolute Gasteiger partial charge is 0.179 e. The molecule has 4 nitrogen and oxygen atoms in total. The number of rotatable bonds is 3. The molecule has 0 aliphatic heterocycles. The number of pyridine rings is 2. The van der Waals surface area contributed by atoms with Crippen molar-refractivity contribution in [3.63, 3.8) is 0 Å². The molecule has 22 heavy (non-hydrogen) atoms. The Morgan fingerprint density at radius 1 is 1.14 bits per heavy atom. The zero-order chi connectivity index (χ0) is 15.1. The third-order valence-electron chi connectivity index (χ3n) is 4.32. The molecule has 1 fully saturated rings. The average Bonchev–Trinajstić information content (AvgIpc) is 2.90. The molecule has 0 spiro atoms. The SMILES string of the molecule is OC(O)c1ccc(-c2cc3nccc(C4CCC4)c3s2)nc1. The number of fused-ring (bicyclic) bond motifs is 1. The van der Waals surface area contributed by atoms with Gasteiger partial charge in [-0.05, 0) is 42.5 Å². The van der Waals surface area contributed by atoms with Crippen LogP contribution in [0.4, 0.5) is 0 Å². The van der Waals surface area contributed by atoms with Crippen LogP contribution < -0.4 is 0 Å². The van der Waals surface area contributed by atoms with Crippen LogP contribution in [-0.2, 0) is 0 Å². The molecule has 4 rings (SSSR count). The summed E-state index contributed by atoms with van der Waals surface area (Å²) < 4.78 is 1.26. The molecule has 0 amide bonds. The first-order valence-corrected chi connectivity index (χ1v) is 8.25. The Kier molecular flexibility index (Phi) is 3.41. The Morgan fingerprint density at radius 2 is 2.00 bits per heavy atom. The van der Waals surface area contributed by atoms with E-state index in [0.717, 1.165) is 16.1 Å². The number of nitrogens with zero attached hydrogens (tertiary/aromatic N) is 2. The molecule has 0 saturated heterocycles. The number of hydrogen-bond donors (Lipinski definition) is 2. The van der Waals surface area contributed by atoms with Gasteiger partial charge in [0.05, 0.1) is 20.8 Å². The highest BCUT2D eigenvalue weighted by molar-refractivity contribution is 7.22. The fourth-order valence-electron chi connectivity index (χ4n) is 2.83. The lowest BCUT2D eigenvalue weighted by atomic mass is 9.80. The van der Waals surface area contributed by atoms with E-state index in [1.807, 2.05) is 12.3 Å². The topological polar surface area (TPSA) is 66.2 Å². The van der Waals surface area contributed by atoms with Gasteiger partial charge < -0.3 is 10.2 Å². The lowest BCUT2D eigenvalue weighted by Gasteiger charge is -2.25. The van der Waals surface area contributed by atoms with Gasteiger partial charge in [0, 0.05) is 18.0 Å². The number of aliphatic hydroxyl groups is 2. The fourth-order valence-corrected chi connectivity index (χ4v) is 4.01. The van der Waals surface area contributed by atoms with Gasteiger partial charge in [-0.3, -0.25) is 9.97 Å². The normalized spacial score (nSPS) is 15.4. The molecule has 5 heteroatoms. The van der Waals surface area contributed by atoms with Crippen molar-refractivity contribution in [1.29, 1.82) is 0 Å². The van der Waals surface area contributed by atoms with Crippen LogP contribution in [0, 0.1) is 0 Å². The van der Waals surface area contributed by atoms with Crippen LogP contribution in [-0.4, -0.2) is 20.2 Å². The van der Waals surface area contributed by atoms with Gasteiger partial charge in [-0.25, -0.2) is 0 Å². The molecule has 1 saturated carbocycles. The molecule has 3 aromatic rings. The molecule has 1 aliphatic rings. The van der Waals surface area contributed by atoms with Crippen LogP contribution in [0.1, 0.15) is 42.6 Å². The molecule has 3 aromatic heterocycles. The molecule has 0 unspecified atom stereocenters. The Balaban J connectivity index is 1.76. The van der Waals surface area contributed by atoms with Crippen LogP contribution in [0.3, 0.4) is 0 Å². The minimum absolute atomic E-state index is 0.401. The summed E-state index contributed by atoms with van der Waals surface area (Å²) >= 11 is 1.72. The van der Waals surface area contributed by atoms with E-state index in [1.165, 1.54) is 35.7 Å². The van der Waals surface area contributed by atoms with Crippen molar-refractivity contribution in [3.8, 4) is 10.6 Å². The summed E-state index contributed by atoms with van der Waals surface area (Å²) in [4.78, 5) is 9.88. The summed E-state index contributed by atoms with van der Waals surface area (Å²) in [6.45, 7) is 0. The Hall–Kier alpha value is -1.82. The van der Waals surface area contributed by atoms with Crippen molar-refractivity contribution in [2.45, 2.75) is 31.5 Å². The van der Waals surface area contributed by atoms with E-state index >= 15 is 0 Å². The maximum atomic E-state index is 9.14. The molecule has 0 radical (unpaired) electrons. The van der Waals surface area contributed by atoms with Crippen LogP contribution in [0.2, 0.25) is 0 Å². The summed E-state index contributed by atoms with van der Waals surface area (Å²) in [5, 5.41) is 18.3. The lowest BCUT2D eigenvalue weighted by molar-refractivity contribution is -0.0427. The Morgan fingerprint density at radius 3 is 2.64 bits per heavy atom. The third kappa shape index (κ3) is 2.31. The van der Waals surface area contributed by atoms with Gasteiger partial charge in [0.2, 0.25) is 0 Å². The maximum absolute atomic E-state index is 9.14. The summed E-state index contributed by atoms with van der Waals surface area (Å²) in [6.07, 6.45) is 5.78. The maximum Gasteiger partial charge on any atom is 0.179 e. The van der Waals surface area contributed by atoms with Crippen LogP contribution >= 0.6 is 11.3 Å². The standard InChI is InChI=1S/C17H16N2O2S/c20-17(21)11-4-5-13(19-9-11)15-8-14-16(22-15)12(6-7-18-14)10-2-1-3-10/h4-10,17,20-21H,1-3H2. The summed E-state index contributed by atoms with van der Waals surface area (Å²) in [5.74, 6) is 0.678. The van der Waals surface area contributed by atoms with Crippen LogP contribution in [0.25, 0.3) is 20.8 Å². The number of aromatic nitrogens is 2. The van der Waals surface area contributed by atoms with Crippen molar-refractivity contribution in [2.75, 3.05) is 0 Å². The summed E-state index contributed by atoms with van der Waals surface area (Å²) in [5.41, 5.74) is 3.68. The zero-order valence-corrected chi connectivity index (χ0v) is 12.8. The third-order valence-corrected chi connectivity index (χ3v) is 5.52. The number of hydrogen-bond acceptors (Lipinski definition) is 5. The highest BCUT2D eigenvalue weighted by atomic mass is 32.1. The van der Waals surface area contributed by atoms with E-state index in [4.69, 9.17) is 10.2 Å². The van der Waals surface area contributed by atoms with Crippen molar-refractivity contribution in [1.82, 2.24) is 9.97 Å². The lowest BCUT2D eigenvalue weighted by Crippen LogP contribution is -2.08. The largest absolute Gasteiger partial charge is 0.364 e. The number of aliphatic hydroxyl groups excluding tert-OH is 1. The first kappa shape index (κ1) is 13.8. The molecular formula is C17H16N2O2S. The molecular weight excluding hydrogens is 296 g/mol. The molecule has 0 bridgehead atoms. The molecule has 0 atom stereocenters. The first-order valence-electron chi connectivity index (χ1n) is 7.43. The monoisotopic (exact) mass is 312 g/mol. The van der Waals surface area contributed by atoms with Gasteiger partial charge in [-0.1, -0.05) is 12.5 Å². The molecule has 3 heterocycles. The van der Waals surface area contributed by atoms with E-state index in [1.54, 1.807) is 17.4 Å². The first-order chi connectivity index (χ1) is 10.7. The second-order valence-electron chi connectivity index (χ2n) is 5.70. The van der Waals surface area contributed by atoms with E-state index < -0.39 is 6.29 Å². The molecule has 0 aromatic carbocycles. The van der Waals surface area contributed by atoms with Crippen molar-refractivity contribution in [2.24, 2.45) is 0 Å². The van der Waals surface area contributed by atoms with Gasteiger partial charge in [-0.15, -0.1) is 11.3 Å². The second-order valence-corrected chi connectivity index (χ2v) is 6.76. The van der Waals surface area contributed by atoms with Crippen LogP contribution in [0.15, 0.2) is 36.7 Å². The highest BCUT2D eigenvalue weighted by Crippen LogP contribution is 2.42. The van der Waals surface area contributed by atoms with Gasteiger partial charge >= 0.3 is 0 Å². The fraction of sp³-hybridized carbons (Fsp3) is 0.294. The van der Waals surface area contributed by atoms with Gasteiger partial charge in [0.25, 0.3) is 0 Å². The van der Waals surface area contributed by atoms with Gasteiger partial charge in [0.1, 0.15) is 0 Å². The van der Waals surface area contributed by atoms with Crippen LogP contribution in [0.5, 0.6) is 0 Å². The Bertz CT molecular complexity index is 807. The Labute approximate surface area is 132 Å². The number of thiophene rings is 1. The second kappa shape index (κ2) is 5.43. The zero-order valence-electron chi connectivity index (χ0n) is 11.9. The predicted molar refractivity (Wildman–Crippen MR) is 86.6 cm³/mol. The molecule has 1 aliphatic carbocycles. The minimum atomic E-state index is -1.48. The van der Waals surface area contributed by atoms with E-state index in [9.17, 15) is 0 Å². The summed E-state index contributed by atoms with van der Waals surface area (Å²) in [6, 6.07) is 7.73. The minimum Gasteiger partial charge on any atom is -0.364 e. The van der Waals surface area contributed by atoms with Crippen molar-refractivity contribution >= 4 is 21.6 Å². The van der Waals surface area contributed by atoms with Gasteiger partial charge in [0.15, 0.2) is 6.29 Å². The van der Waals surface area contributed by atoms with E-state index in [2.05, 4.69) is 22.1 Å². The van der Waals surface area contributed by atoms with E-state index in [0.29, 0.717) is 11.5 Å².